The van der Waals surface area contributed by atoms with Crippen molar-refractivity contribution in [1.82, 2.24) is 0 Å². The summed E-state index contributed by atoms with van der Waals surface area (Å²) in [4.78, 5) is 11.7. The van der Waals surface area contributed by atoms with Crippen LogP contribution in [0.5, 0.6) is 0 Å². The van der Waals surface area contributed by atoms with E-state index >= 15 is 0 Å². The van der Waals surface area contributed by atoms with Crippen molar-refractivity contribution in [2.75, 3.05) is 6.61 Å². The van der Waals surface area contributed by atoms with Crippen LogP contribution in [-0.4, -0.2) is 20.7 Å². The number of benzene rings is 2. The molecule has 0 heterocycles. The molecule has 0 bridgehead atoms. The van der Waals surface area contributed by atoms with Crippen molar-refractivity contribution in [3.63, 3.8) is 0 Å². The van der Waals surface area contributed by atoms with Gasteiger partial charge in [0.05, 0.1) is 13.0 Å². The Hall–Kier alpha value is -2.35. The molecule has 0 aromatic heterocycles. The summed E-state index contributed by atoms with van der Waals surface area (Å²) >= 11 is 0. The number of ether oxygens (including phenoxy) is 1. The van der Waals surface area contributed by atoms with Gasteiger partial charge in [-0.05, 0) is 34.7 Å². The van der Waals surface area contributed by atoms with E-state index in [1.807, 2.05) is 19.1 Å². The Morgan fingerprint density at radius 2 is 1.64 bits per heavy atom. The van der Waals surface area contributed by atoms with Crippen molar-refractivity contribution < 1.29 is 9.53 Å². The van der Waals surface area contributed by atoms with Crippen molar-refractivity contribution in [3.05, 3.63) is 77.5 Å². The average molecular weight is 393 g/mol. The number of esters is 1. The summed E-state index contributed by atoms with van der Waals surface area (Å²) in [6, 6.07) is 19.4. The van der Waals surface area contributed by atoms with Crippen LogP contribution in [0, 0.1) is 0 Å². The summed E-state index contributed by atoms with van der Waals surface area (Å²) in [6.45, 7) is 13.6. The molecule has 0 aliphatic carbocycles. The highest BCUT2D eigenvalue weighted by Gasteiger charge is 2.29. The first-order valence-electron chi connectivity index (χ1n) is 9.94. The molecule has 0 saturated carbocycles. The molecule has 3 heteroatoms. The van der Waals surface area contributed by atoms with Gasteiger partial charge >= 0.3 is 5.97 Å². The zero-order valence-corrected chi connectivity index (χ0v) is 19.0. The van der Waals surface area contributed by atoms with Gasteiger partial charge in [0.1, 0.15) is 8.07 Å². The Balaban J connectivity index is 2.50. The minimum absolute atomic E-state index is 0.120. The molecule has 2 rings (SSSR count). The third kappa shape index (κ3) is 5.57. The highest BCUT2D eigenvalue weighted by Crippen LogP contribution is 2.28. The summed E-state index contributed by atoms with van der Waals surface area (Å²) in [7, 11) is -1.98. The molecule has 0 N–H and O–H groups in total. The third-order valence-corrected chi connectivity index (χ3v) is 8.44. The van der Waals surface area contributed by atoms with Gasteiger partial charge in [-0.1, -0.05) is 93.6 Å². The molecule has 0 radical (unpaired) electrons. The van der Waals surface area contributed by atoms with Crippen molar-refractivity contribution in [3.8, 4) is 0 Å². The molecular weight excluding hydrogens is 360 g/mol. The maximum absolute atomic E-state index is 11.7. The molecule has 2 aromatic carbocycles. The molecule has 0 spiro atoms. The molecule has 0 aliphatic rings. The highest BCUT2D eigenvalue weighted by molar-refractivity contribution is 7.04. The average Bonchev–Trinajstić information content (AvgIpc) is 2.65. The van der Waals surface area contributed by atoms with Crippen LogP contribution in [0.3, 0.4) is 0 Å². The van der Waals surface area contributed by atoms with E-state index in [9.17, 15) is 4.79 Å². The molecule has 0 atom stereocenters. The Morgan fingerprint density at radius 3 is 2.18 bits per heavy atom. The first kappa shape index (κ1) is 21.9. The Kier molecular flexibility index (Phi) is 7.23. The third-order valence-electron chi connectivity index (χ3n) is 4.98. The summed E-state index contributed by atoms with van der Waals surface area (Å²) in [6.07, 6.45) is 2.07. The van der Waals surface area contributed by atoms with Crippen LogP contribution in [0.15, 0.2) is 66.4 Å². The molecule has 0 aliphatic heterocycles. The van der Waals surface area contributed by atoms with E-state index in [-0.39, 0.29) is 17.8 Å². The maximum atomic E-state index is 11.7. The van der Waals surface area contributed by atoms with Crippen LogP contribution >= 0.6 is 0 Å². The predicted molar refractivity (Wildman–Crippen MR) is 121 cm³/mol. The first-order chi connectivity index (χ1) is 13.2. The van der Waals surface area contributed by atoms with Gasteiger partial charge < -0.3 is 4.74 Å². The molecule has 2 aromatic rings. The van der Waals surface area contributed by atoms with E-state index in [1.165, 1.54) is 21.5 Å². The SMILES string of the molecule is CCOC(=O)CC=C=C(c1ccc(C(C)(C)C)cc1)[Si](C)(C)c1ccccc1. The Labute approximate surface area is 171 Å². The number of carbonyl (C=O) groups is 1. The number of hydrogen-bond donors (Lipinski definition) is 0. The monoisotopic (exact) mass is 392 g/mol. The molecule has 28 heavy (non-hydrogen) atoms. The predicted octanol–water partition coefficient (Wildman–Crippen LogP) is 5.63. The summed E-state index contributed by atoms with van der Waals surface area (Å²) in [5, 5.41) is 2.55. The lowest BCUT2D eigenvalue weighted by molar-refractivity contribution is -0.142. The van der Waals surface area contributed by atoms with Gasteiger partial charge in [-0.15, -0.1) is 5.73 Å². The number of rotatable bonds is 6. The van der Waals surface area contributed by atoms with Gasteiger partial charge in [0.15, 0.2) is 0 Å². The molecule has 148 valence electrons. The van der Waals surface area contributed by atoms with Gasteiger partial charge in [-0.25, -0.2) is 0 Å². The standard InChI is InChI=1S/C25H32O2Si/c1-7-27-24(26)15-11-14-23(28(5,6)22-12-9-8-10-13-22)20-16-18-21(19-17-20)25(2,3)4/h8-13,16-19H,7,15H2,1-6H3. The van der Waals surface area contributed by atoms with E-state index < -0.39 is 8.07 Å². The van der Waals surface area contributed by atoms with Crippen LogP contribution in [0.4, 0.5) is 0 Å². The molecule has 0 unspecified atom stereocenters. The van der Waals surface area contributed by atoms with Crippen LogP contribution in [-0.2, 0) is 14.9 Å². The first-order valence-corrected chi connectivity index (χ1v) is 12.9. The van der Waals surface area contributed by atoms with Gasteiger partial charge in [-0.2, -0.15) is 0 Å². The Morgan fingerprint density at radius 1 is 1.04 bits per heavy atom. The molecule has 0 amide bonds. The number of hydrogen-bond acceptors (Lipinski definition) is 2. The van der Waals surface area contributed by atoms with Crippen LogP contribution in [0.1, 0.15) is 45.2 Å². The Bertz CT molecular complexity index is 850. The zero-order chi connectivity index (χ0) is 20.8. The maximum Gasteiger partial charge on any atom is 0.310 e. The number of carbonyl (C=O) groups excluding carboxylic acids is 1. The van der Waals surface area contributed by atoms with Gasteiger partial charge in [0, 0.05) is 0 Å². The van der Waals surface area contributed by atoms with Gasteiger partial charge in [-0.3, -0.25) is 4.79 Å². The lowest BCUT2D eigenvalue weighted by atomic mass is 9.87. The summed E-state index contributed by atoms with van der Waals surface area (Å²) in [5.41, 5.74) is 6.08. The second kappa shape index (κ2) is 9.23. The topological polar surface area (TPSA) is 26.3 Å². The largest absolute Gasteiger partial charge is 0.466 e. The van der Waals surface area contributed by atoms with Crippen LogP contribution in [0.25, 0.3) is 5.20 Å². The highest BCUT2D eigenvalue weighted by atomic mass is 28.3. The normalized spacial score (nSPS) is 11.5. The minimum Gasteiger partial charge on any atom is -0.466 e. The smallest absolute Gasteiger partial charge is 0.310 e. The molecule has 2 nitrogen and oxygen atoms in total. The van der Waals surface area contributed by atoms with Crippen molar-refractivity contribution in [1.29, 1.82) is 0 Å². The molecule has 0 fully saturated rings. The lowest BCUT2D eigenvalue weighted by Gasteiger charge is -2.26. The lowest BCUT2D eigenvalue weighted by Crippen LogP contribution is -2.42. The van der Waals surface area contributed by atoms with Gasteiger partial charge in [0.25, 0.3) is 0 Å². The summed E-state index contributed by atoms with van der Waals surface area (Å²) < 4.78 is 5.04. The van der Waals surface area contributed by atoms with Crippen LogP contribution < -0.4 is 5.19 Å². The van der Waals surface area contributed by atoms with E-state index in [0.717, 1.165) is 0 Å². The van der Waals surface area contributed by atoms with E-state index in [0.29, 0.717) is 6.61 Å². The van der Waals surface area contributed by atoms with Crippen molar-refractivity contribution in [2.45, 2.75) is 52.6 Å². The van der Waals surface area contributed by atoms with Gasteiger partial charge in [0.2, 0.25) is 0 Å². The fraction of sp³-hybridized carbons (Fsp3) is 0.360. The fourth-order valence-electron chi connectivity index (χ4n) is 3.22. The van der Waals surface area contributed by atoms with E-state index in [1.54, 1.807) is 0 Å². The van der Waals surface area contributed by atoms with E-state index in [4.69, 9.17) is 4.74 Å². The minimum atomic E-state index is -1.98. The quantitative estimate of drug-likeness (QED) is 0.362. The van der Waals surface area contributed by atoms with Crippen LogP contribution in [0.2, 0.25) is 13.1 Å². The second-order valence-corrected chi connectivity index (χ2v) is 12.9. The van der Waals surface area contributed by atoms with Crippen molar-refractivity contribution >= 4 is 24.4 Å². The molecular formula is C25H32O2Si. The summed E-state index contributed by atoms with van der Waals surface area (Å²) in [5.74, 6) is -0.211. The zero-order valence-electron chi connectivity index (χ0n) is 18.0. The fourth-order valence-corrected chi connectivity index (χ4v) is 5.88. The van der Waals surface area contributed by atoms with E-state index in [2.05, 4.69) is 88.1 Å². The van der Waals surface area contributed by atoms with Crippen molar-refractivity contribution in [2.24, 2.45) is 0 Å². The second-order valence-electron chi connectivity index (χ2n) is 8.55. The molecule has 0 saturated heterocycles.